The molecule has 1 aromatic carbocycles. The maximum Gasteiger partial charge on any atom is 0.266 e. The fourth-order valence-corrected chi connectivity index (χ4v) is 3.38. The summed E-state index contributed by atoms with van der Waals surface area (Å²) in [6, 6.07) is 9.90. The first-order chi connectivity index (χ1) is 11.9. The van der Waals surface area contributed by atoms with Gasteiger partial charge in [0.15, 0.2) is 0 Å². The Morgan fingerprint density at radius 2 is 2.00 bits per heavy atom. The third-order valence-electron chi connectivity index (χ3n) is 4.92. The van der Waals surface area contributed by atoms with Gasteiger partial charge in [-0.15, -0.1) is 0 Å². The smallest absolute Gasteiger partial charge is 0.266 e. The zero-order valence-corrected chi connectivity index (χ0v) is 13.9. The Hall–Kier alpha value is -1.92. The highest BCUT2D eigenvalue weighted by Crippen LogP contribution is 2.24. The van der Waals surface area contributed by atoms with Crippen LogP contribution >= 0.6 is 0 Å². The van der Waals surface area contributed by atoms with Gasteiger partial charge in [-0.3, -0.25) is 0 Å². The Balaban J connectivity index is 1.29. The Labute approximate surface area is 142 Å². The van der Waals surface area contributed by atoms with Crippen molar-refractivity contribution in [2.24, 2.45) is 5.92 Å². The zero-order valence-electron chi connectivity index (χ0n) is 13.9. The summed E-state index contributed by atoms with van der Waals surface area (Å²) in [5.41, 5.74) is 0.963. The maximum atomic E-state index is 6.01. The van der Waals surface area contributed by atoms with Crippen LogP contribution in [-0.2, 0) is 4.74 Å². The van der Waals surface area contributed by atoms with Crippen molar-refractivity contribution in [2.75, 3.05) is 37.7 Å². The van der Waals surface area contributed by atoms with Gasteiger partial charge in [0.25, 0.3) is 11.8 Å². The van der Waals surface area contributed by atoms with Crippen molar-refractivity contribution in [2.45, 2.75) is 25.4 Å². The van der Waals surface area contributed by atoms with Gasteiger partial charge < -0.3 is 19.5 Å². The predicted octanol–water partition coefficient (Wildman–Crippen LogP) is 2.33. The third-order valence-corrected chi connectivity index (χ3v) is 4.92. The van der Waals surface area contributed by atoms with Crippen LogP contribution < -0.4 is 10.2 Å². The van der Waals surface area contributed by atoms with E-state index in [1.165, 1.54) is 0 Å². The molecule has 2 fully saturated rings. The molecule has 6 heteroatoms. The average molecular weight is 328 g/mol. The second kappa shape index (κ2) is 7.32. The van der Waals surface area contributed by atoms with Gasteiger partial charge in [-0.1, -0.05) is 18.2 Å². The fourth-order valence-electron chi connectivity index (χ4n) is 3.38. The van der Waals surface area contributed by atoms with Gasteiger partial charge in [0, 0.05) is 31.8 Å². The van der Waals surface area contributed by atoms with Gasteiger partial charge in [-0.2, -0.15) is 4.98 Å². The number of benzene rings is 1. The molecule has 128 valence electrons. The van der Waals surface area contributed by atoms with E-state index in [0.717, 1.165) is 57.6 Å². The van der Waals surface area contributed by atoms with Crippen LogP contribution in [0.15, 0.2) is 34.9 Å². The summed E-state index contributed by atoms with van der Waals surface area (Å²) in [4.78, 5) is 6.76. The van der Waals surface area contributed by atoms with Crippen LogP contribution in [0.3, 0.4) is 0 Å². The molecule has 2 saturated heterocycles. The number of nitrogens with zero attached hydrogens (tertiary/aromatic N) is 3. The average Bonchev–Trinajstić information content (AvgIpc) is 3.33. The minimum atomic E-state index is 0.411. The Morgan fingerprint density at radius 3 is 2.75 bits per heavy atom. The second-order valence-corrected chi connectivity index (χ2v) is 6.64. The van der Waals surface area contributed by atoms with Crippen molar-refractivity contribution in [3.05, 3.63) is 30.3 Å². The van der Waals surface area contributed by atoms with E-state index < -0.39 is 0 Å². The van der Waals surface area contributed by atoms with E-state index in [-0.39, 0.29) is 0 Å². The summed E-state index contributed by atoms with van der Waals surface area (Å²) in [6.07, 6.45) is 3.79. The molecule has 2 aromatic rings. The highest BCUT2D eigenvalue weighted by molar-refractivity contribution is 5.54. The molecule has 0 spiro atoms. The van der Waals surface area contributed by atoms with E-state index >= 15 is 0 Å². The number of rotatable bonds is 5. The van der Waals surface area contributed by atoms with Crippen molar-refractivity contribution in [3.8, 4) is 11.5 Å². The third kappa shape index (κ3) is 3.60. The predicted molar refractivity (Wildman–Crippen MR) is 91.9 cm³/mol. The van der Waals surface area contributed by atoms with Crippen molar-refractivity contribution in [1.29, 1.82) is 0 Å². The van der Waals surface area contributed by atoms with Gasteiger partial charge in [0.05, 0.1) is 6.10 Å². The van der Waals surface area contributed by atoms with E-state index in [4.69, 9.17) is 9.26 Å². The summed E-state index contributed by atoms with van der Waals surface area (Å²) in [5.74, 6) is 1.93. The standard InChI is InChI=1S/C18H24N4O2/c1-2-4-15(5-3-1)17-20-18(21-24-17)22-10-7-14(8-11-22)13-23-16-6-9-19-12-16/h1-5,14,16,19H,6-13H2. The molecule has 0 radical (unpaired) electrons. The number of piperidine rings is 1. The summed E-state index contributed by atoms with van der Waals surface area (Å²) in [7, 11) is 0. The highest BCUT2D eigenvalue weighted by atomic mass is 16.5. The molecular formula is C18H24N4O2. The zero-order chi connectivity index (χ0) is 16.2. The van der Waals surface area contributed by atoms with Crippen LogP contribution in [-0.4, -0.2) is 49.0 Å². The van der Waals surface area contributed by atoms with Crippen LogP contribution in [0, 0.1) is 5.92 Å². The number of ether oxygens (including phenoxy) is 1. The van der Waals surface area contributed by atoms with Gasteiger partial charge in [-0.05, 0) is 49.0 Å². The molecule has 0 saturated carbocycles. The van der Waals surface area contributed by atoms with Gasteiger partial charge in [0.1, 0.15) is 0 Å². The fraction of sp³-hybridized carbons (Fsp3) is 0.556. The first kappa shape index (κ1) is 15.6. The number of hydrogen-bond acceptors (Lipinski definition) is 6. The number of aromatic nitrogens is 2. The number of nitrogens with one attached hydrogen (secondary N) is 1. The lowest BCUT2D eigenvalue weighted by atomic mass is 9.98. The topological polar surface area (TPSA) is 63.4 Å². The van der Waals surface area contributed by atoms with Crippen LogP contribution in [0.5, 0.6) is 0 Å². The Bertz CT molecular complexity index is 631. The highest BCUT2D eigenvalue weighted by Gasteiger charge is 2.24. The maximum absolute atomic E-state index is 6.01. The normalized spacial score (nSPS) is 22.2. The molecule has 6 nitrogen and oxygen atoms in total. The van der Waals surface area contributed by atoms with E-state index in [0.29, 0.717) is 23.9 Å². The molecule has 3 heterocycles. The van der Waals surface area contributed by atoms with Crippen molar-refractivity contribution in [1.82, 2.24) is 15.5 Å². The largest absolute Gasteiger partial charge is 0.377 e. The molecule has 2 aliphatic heterocycles. The molecule has 2 aliphatic rings. The van der Waals surface area contributed by atoms with Gasteiger partial charge >= 0.3 is 0 Å². The lowest BCUT2D eigenvalue weighted by Gasteiger charge is -2.31. The SMILES string of the molecule is c1ccc(-c2nc(N3CCC(COC4CCNC4)CC3)no2)cc1. The summed E-state index contributed by atoms with van der Waals surface area (Å²) >= 11 is 0. The lowest BCUT2D eigenvalue weighted by molar-refractivity contribution is 0.0352. The molecule has 1 N–H and O–H groups in total. The Kier molecular flexibility index (Phi) is 4.76. The monoisotopic (exact) mass is 328 g/mol. The molecule has 1 atom stereocenters. The summed E-state index contributed by atoms with van der Waals surface area (Å²) in [5, 5.41) is 7.49. The van der Waals surface area contributed by atoms with Crippen LogP contribution in [0.4, 0.5) is 5.95 Å². The number of anilines is 1. The first-order valence-electron chi connectivity index (χ1n) is 8.85. The summed E-state index contributed by atoms with van der Waals surface area (Å²) in [6.45, 7) is 4.89. The van der Waals surface area contributed by atoms with E-state index in [1.807, 2.05) is 30.3 Å². The van der Waals surface area contributed by atoms with Gasteiger partial charge in [0.2, 0.25) is 0 Å². The first-order valence-corrected chi connectivity index (χ1v) is 8.85. The van der Waals surface area contributed by atoms with Gasteiger partial charge in [-0.25, -0.2) is 0 Å². The molecule has 0 aliphatic carbocycles. The molecule has 0 amide bonds. The van der Waals surface area contributed by atoms with Crippen LogP contribution in [0.1, 0.15) is 19.3 Å². The molecule has 1 aromatic heterocycles. The van der Waals surface area contributed by atoms with Crippen LogP contribution in [0.25, 0.3) is 11.5 Å². The Morgan fingerprint density at radius 1 is 1.17 bits per heavy atom. The van der Waals surface area contributed by atoms with Crippen molar-refractivity contribution < 1.29 is 9.26 Å². The van der Waals surface area contributed by atoms with Crippen molar-refractivity contribution in [3.63, 3.8) is 0 Å². The minimum absolute atomic E-state index is 0.411. The van der Waals surface area contributed by atoms with Crippen molar-refractivity contribution >= 4 is 5.95 Å². The second-order valence-electron chi connectivity index (χ2n) is 6.64. The van der Waals surface area contributed by atoms with Crippen LogP contribution in [0.2, 0.25) is 0 Å². The lowest BCUT2D eigenvalue weighted by Crippen LogP contribution is -2.36. The quantitative estimate of drug-likeness (QED) is 0.909. The van der Waals surface area contributed by atoms with E-state index in [9.17, 15) is 0 Å². The molecule has 24 heavy (non-hydrogen) atoms. The minimum Gasteiger partial charge on any atom is -0.377 e. The molecule has 0 bridgehead atoms. The van der Waals surface area contributed by atoms with E-state index in [1.54, 1.807) is 0 Å². The molecule has 4 rings (SSSR count). The molecule has 1 unspecified atom stereocenters. The van der Waals surface area contributed by atoms with E-state index in [2.05, 4.69) is 20.4 Å². The summed E-state index contributed by atoms with van der Waals surface area (Å²) < 4.78 is 11.4. The number of hydrogen-bond donors (Lipinski definition) is 1. The molecular weight excluding hydrogens is 304 g/mol.